The number of hydrogen-bond acceptors (Lipinski definition) is 2. The van der Waals surface area contributed by atoms with E-state index in [1.807, 2.05) is 0 Å². The van der Waals surface area contributed by atoms with Crippen LogP contribution in [-0.4, -0.2) is 13.1 Å². The first-order chi connectivity index (χ1) is 6.36. The minimum absolute atomic E-state index is 0.838. The van der Waals surface area contributed by atoms with Gasteiger partial charge in [0, 0.05) is 0 Å². The maximum absolute atomic E-state index is 5.85. The molecule has 4 N–H and O–H groups in total. The van der Waals surface area contributed by atoms with Gasteiger partial charge >= 0.3 is 0 Å². The van der Waals surface area contributed by atoms with Gasteiger partial charge in [0.1, 0.15) is 0 Å². The summed E-state index contributed by atoms with van der Waals surface area (Å²) in [6.45, 7) is 1.77. The fourth-order valence-corrected chi connectivity index (χ4v) is 3.70. The van der Waals surface area contributed by atoms with Crippen molar-refractivity contribution in [3.05, 3.63) is 0 Å². The molecule has 0 unspecified atom stereocenters. The molecule has 13 heavy (non-hydrogen) atoms. The summed E-state index contributed by atoms with van der Waals surface area (Å²) in [5.74, 6) is 3.74. The van der Waals surface area contributed by atoms with E-state index in [0.717, 1.165) is 36.8 Å². The smallest absolute Gasteiger partial charge is 0.00435 e. The maximum atomic E-state index is 5.85. The van der Waals surface area contributed by atoms with Gasteiger partial charge in [0.15, 0.2) is 0 Å². The van der Waals surface area contributed by atoms with E-state index >= 15 is 0 Å². The molecule has 0 saturated heterocycles. The minimum Gasteiger partial charge on any atom is -0.330 e. The van der Waals surface area contributed by atoms with Crippen LogP contribution >= 0.6 is 0 Å². The maximum Gasteiger partial charge on any atom is -0.00435 e. The molecule has 0 aromatic heterocycles. The Kier molecular flexibility index (Phi) is 2.89. The van der Waals surface area contributed by atoms with Crippen molar-refractivity contribution in [3.8, 4) is 0 Å². The monoisotopic (exact) mass is 182 g/mol. The zero-order chi connectivity index (χ0) is 9.26. The summed E-state index contributed by atoms with van der Waals surface area (Å²) in [6.07, 6.45) is 6.92. The van der Waals surface area contributed by atoms with Crippen LogP contribution in [0.1, 0.15) is 32.1 Å². The predicted molar refractivity (Wildman–Crippen MR) is 55.2 cm³/mol. The number of rotatable bonds is 4. The van der Waals surface area contributed by atoms with E-state index < -0.39 is 0 Å². The van der Waals surface area contributed by atoms with E-state index in [4.69, 9.17) is 11.5 Å². The van der Waals surface area contributed by atoms with Crippen LogP contribution in [0.5, 0.6) is 0 Å². The third kappa shape index (κ3) is 1.62. The molecular formula is C11H22N2. The summed E-state index contributed by atoms with van der Waals surface area (Å²) in [5.41, 5.74) is 11.4. The average molecular weight is 182 g/mol. The standard InChI is InChI=1S/C11H22N2/c12-5-1-2-10-8-3-4-9(6-8)11(10)7-13/h8-11H,1-7,12-13H2/t8-,9-,10+,11-/m1/s1. The molecule has 2 saturated carbocycles. The van der Waals surface area contributed by atoms with E-state index in [1.54, 1.807) is 0 Å². The lowest BCUT2D eigenvalue weighted by molar-refractivity contribution is 0.212. The highest BCUT2D eigenvalue weighted by molar-refractivity contribution is 4.96. The third-order valence-corrected chi connectivity index (χ3v) is 4.29. The molecule has 0 radical (unpaired) electrons. The van der Waals surface area contributed by atoms with Crippen LogP contribution in [0.4, 0.5) is 0 Å². The van der Waals surface area contributed by atoms with Crippen LogP contribution in [-0.2, 0) is 0 Å². The SMILES string of the molecule is NCCC[C@H]1[C@@H]2CC[C@H](C2)[C@H]1CN. The van der Waals surface area contributed by atoms with Gasteiger partial charge in [0.2, 0.25) is 0 Å². The molecule has 0 amide bonds. The molecule has 2 aliphatic carbocycles. The highest BCUT2D eigenvalue weighted by Gasteiger charge is 2.45. The molecule has 2 fully saturated rings. The van der Waals surface area contributed by atoms with E-state index in [-0.39, 0.29) is 0 Å². The van der Waals surface area contributed by atoms with Crippen molar-refractivity contribution < 1.29 is 0 Å². The first-order valence-electron chi connectivity index (χ1n) is 5.77. The lowest BCUT2D eigenvalue weighted by Gasteiger charge is -2.30. The van der Waals surface area contributed by atoms with E-state index in [9.17, 15) is 0 Å². The fraction of sp³-hybridized carbons (Fsp3) is 1.00. The van der Waals surface area contributed by atoms with Gasteiger partial charge in [-0.25, -0.2) is 0 Å². The molecule has 2 aliphatic rings. The quantitative estimate of drug-likeness (QED) is 0.689. The molecule has 2 rings (SSSR count). The molecule has 0 aliphatic heterocycles. The van der Waals surface area contributed by atoms with Gasteiger partial charge in [-0.05, 0) is 68.9 Å². The number of hydrogen-bond donors (Lipinski definition) is 2. The predicted octanol–water partition coefficient (Wildman–Crippen LogP) is 1.35. The first-order valence-corrected chi connectivity index (χ1v) is 5.77. The van der Waals surface area contributed by atoms with Crippen molar-refractivity contribution in [1.29, 1.82) is 0 Å². The summed E-state index contributed by atoms with van der Waals surface area (Å²) in [6, 6.07) is 0. The van der Waals surface area contributed by atoms with Crippen molar-refractivity contribution >= 4 is 0 Å². The van der Waals surface area contributed by atoms with Crippen LogP contribution in [0, 0.1) is 23.7 Å². The fourth-order valence-electron chi connectivity index (χ4n) is 3.70. The summed E-state index contributed by atoms with van der Waals surface area (Å²) in [5, 5.41) is 0. The van der Waals surface area contributed by atoms with Crippen LogP contribution in [0.25, 0.3) is 0 Å². The molecule has 0 aromatic rings. The lowest BCUT2D eigenvalue weighted by Crippen LogP contribution is -2.29. The van der Waals surface area contributed by atoms with Crippen LogP contribution < -0.4 is 11.5 Å². The van der Waals surface area contributed by atoms with Crippen molar-refractivity contribution in [2.24, 2.45) is 35.1 Å². The highest BCUT2D eigenvalue weighted by Crippen LogP contribution is 2.53. The second-order valence-electron chi connectivity index (χ2n) is 4.83. The topological polar surface area (TPSA) is 52.0 Å². The Morgan fingerprint density at radius 3 is 2.31 bits per heavy atom. The normalized spacial score (nSPS) is 42.9. The molecule has 4 atom stereocenters. The summed E-state index contributed by atoms with van der Waals surface area (Å²) >= 11 is 0. The lowest BCUT2D eigenvalue weighted by atomic mass is 9.77. The molecule has 0 heterocycles. The Bertz CT molecular complexity index is 169. The van der Waals surface area contributed by atoms with Crippen molar-refractivity contribution in [2.75, 3.05) is 13.1 Å². The van der Waals surface area contributed by atoms with E-state index in [0.29, 0.717) is 0 Å². The molecular weight excluding hydrogens is 160 g/mol. The summed E-state index contributed by atoms with van der Waals surface area (Å²) < 4.78 is 0. The molecule has 2 nitrogen and oxygen atoms in total. The zero-order valence-electron chi connectivity index (χ0n) is 8.41. The summed E-state index contributed by atoms with van der Waals surface area (Å²) in [7, 11) is 0. The van der Waals surface area contributed by atoms with E-state index in [2.05, 4.69) is 0 Å². The van der Waals surface area contributed by atoms with Crippen molar-refractivity contribution in [3.63, 3.8) is 0 Å². The largest absolute Gasteiger partial charge is 0.330 e. The Labute approximate surface area is 81.1 Å². The molecule has 76 valence electrons. The Morgan fingerprint density at radius 2 is 1.69 bits per heavy atom. The number of nitrogens with two attached hydrogens (primary N) is 2. The van der Waals surface area contributed by atoms with Gasteiger partial charge in [-0.2, -0.15) is 0 Å². The minimum atomic E-state index is 0.838. The highest BCUT2D eigenvalue weighted by atomic mass is 14.6. The molecule has 2 heteroatoms. The molecule has 0 aromatic carbocycles. The van der Waals surface area contributed by atoms with Crippen LogP contribution in [0.15, 0.2) is 0 Å². The molecule has 2 bridgehead atoms. The van der Waals surface area contributed by atoms with Crippen molar-refractivity contribution in [2.45, 2.75) is 32.1 Å². The average Bonchev–Trinajstić information content (AvgIpc) is 2.73. The number of fused-ring (bicyclic) bond motifs is 2. The van der Waals surface area contributed by atoms with Gasteiger partial charge < -0.3 is 11.5 Å². The van der Waals surface area contributed by atoms with Gasteiger partial charge in [0.05, 0.1) is 0 Å². The van der Waals surface area contributed by atoms with Crippen molar-refractivity contribution in [1.82, 2.24) is 0 Å². The van der Waals surface area contributed by atoms with Gasteiger partial charge in [-0.3, -0.25) is 0 Å². The molecule has 0 spiro atoms. The van der Waals surface area contributed by atoms with E-state index in [1.165, 1.54) is 32.1 Å². The first kappa shape index (κ1) is 9.47. The van der Waals surface area contributed by atoms with Gasteiger partial charge in [0.25, 0.3) is 0 Å². The van der Waals surface area contributed by atoms with Gasteiger partial charge in [-0.1, -0.05) is 0 Å². The Hall–Kier alpha value is -0.0800. The summed E-state index contributed by atoms with van der Waals surface area (Å²) in [4.78, 5) is 0. The van der Waals surface area contributed by atoms with Crippen LogP contribution in [0.2, 0.25) is 0 Å². The second kappa shape index (κ2) is 3.97. The Balaban J connectivity index is 1.92. The zero-order valence-corrected chi connectivity index (χ0v) is 8.41. The van der Waals surface area contributed by atoms with Gasteiger partial charge in [-0.15, -0.1) is 0 Å². The second-order valence-corrected chi connectivity index (χ2v) is 4.83. The Morgan fingerprint density at radius 1 is 1.00 bits per heavy atom. The third-order valence-electron chi connectivity index (χ3n) is 4.29. The van der Waals surface area contributed by atoms with Crippen LogP contribution in [0.3, 0.4) is 0 Å².